The molecule has 0 radical (unpaired) electrons. The normalized spacial score (nSPS) is 25.2. The molecule has 4 heterocycles. The van der Waals surface area contributed by atoms with Crippen LogP contribution in [0.1, 0.15) is 210 Å². The van der Waals surface area contributed by atoms with Crippen LogP contribution in [0.25, 0.3) is 11.3 Å². The zero-order valence-corrected chi connectivity index (χ0v) is 40.5. The molecular weight excluding hydrogens is 821 g/mol. The predicted octanol–water partition coefficient (Wildman–Crippen LogP) is 10.0. The van der Waals surface area contributed by atoms with Gasteiger partial charge < -0.3 is 39.9 Å². The van der Waals surface area contributed by atoms with Crippen molar-refractivity contribution in [3.63, 3.8) is 0 Å². The van der Waals surface area contributed by atoms with Gasteiger partial charge in [0.15, 0.2) is 0 Å². The molecule has 8 rings (SSSR count). The van der Waals surface area contributed by atoms with E-state index in [1.807, 2.05) is 91.4 Å². The van der Waals surface area contributed by atoms with Gasteiger partial charge >= 0.3 is 12.2 Å². The Morgan fingerprint density at radius 3 is 1.63 bits per heavy atom. The van der Waals surface area contributed by atoms with Crippen LogP contribution in [0.3, 0.4) is 0 Å². The van der Waals surface area contributed by atoms with Crippen LogP contribution in [0, 0.1) is 11.8 Å². The Balaban J connectivity index is 0.935. The molecule has 4 N–H and O–H groups in total. The van der Waals surface area contributed by atoms with Crippen molar-refractivity contribution in [1.29, 1.82) is 0 Å². The molecule has 4 amide bonds. The highest BCUT2D eigenvalue weighted by molar-refractivity contribution is 5.87. The molecule has 6 atom stereocenters. The maximum atomic E-state index is 14.0. The molecule has 3 aromatic rings. The molecule has 3 aliphatic carbocycles. The van der Waals surface area contributed by atoms with E-state index in [-0.39, 0.29) is 35.7 Å². The minimum absolute atomic E-state index is 0.0923. The van der Waals surface area contributed by atoms with E-state index >= 15 is 0 Å². The average molecular weight is 895 g/mol. The van der Waals surface area contributed by atoms with Crippen LogP contribution in [0.2, 0.25) is 0 Å². The standard InChI is InChI=1S/C51H74N8O6/c1-28(2)42(56-48(62)64-50(5,6)7)46(60)58-23-11-13-38(58)44-52-26-36(54-44)31-17-15-30(16-18-31)34-21-22-35(41-33-20-19-32(25-33)40(34)41)37-27-53-45(55-37)39-14-12-24-59(39)47(61)43(29(3)4)57-49(63)65-51(8,9)10/h21-22,26-33,38-39,42-43H,11-20,23-25H2,1-10H3,(H,52,54)(H,53,55)(H,56,62)(H,57,63)/t30?,31?,32?,33?,38-,39-,42-,43-/m0/s1. The fourth-order valence-electron chi connectivity index (χ4n) is 11.6. The van der Waals surface area contributed by atoms with Crippen molar-refractivity contribution in [1.82, 2.24) is 40.4 Å². The number of imidazole rings is 2. The number of nitrogens with one attached hydrogen (secondary N) is 4. The van der Waals surface area contributed by atoms with Crippen molar-refractivity contribution in [3.05, 3.63) is 58.6 Å². The second kappa shape index (κ2) is 18.4. The third-order valence-corrected chi connectivity index (χ3v) is 14.6. The number of alkyl carbamates (subject to hydrolysis) is 2. The Bertz CT molecular complexity index is 2220. The Kier molecular flexibility index (Phi) is 13.2. The number of H-pyrrole nitrogens is 2. The molecule has 14 heteroatoms. The fourth-order valence-corrected chi connectivity index (χ4v) is 11.6. The number of carbonyl (C=O) groups is 4. The first-order valence-corrected chi connectivity index (χ1v) is 24.6. The quantitative estimate of drug-likeness (QED) is 0.147. The molecule has 1 aromatic carbocycles. The fraction of sp³-hybridized carbons (Fsp3) is 0.686. The van der Waals surface area contributed by atoms with Gasteiger partial charge in [0.25, 0.3) is 0 Å². The summed E-state index contributed by atoms with van der Waals surface area (Å²) in [6.45, 7) is 20.0. The van der Waals surface area contributed by atoms with E-state index < -0.39 is 35.5 Å². The van der Waals surface area contributed by atoms with Gasteiger partial charge in [-0.3, -0.25) is 9.59 Å². The number of fused-ring (bicyclic) bond motifs is 5. The summed E-state index contributed by atoms with van der Waals surface area (Å²) in [5.74, 6) is 3.27. The van der Waals surface area contributed by atoms with Gasteiger partial charge in [-0.05, 0) is 158 Å². The molecule has 2 unspecified atom stereocenters. The number of benzene rings is 1. The van der Waals surface area contributed by atoms with Crippen molar-refractivity contribution in [2.75, 3.05) is 13.1 Å². The number of carbonyl (C=O) groups excluding carboxylic acids is 4. The molecule has 2 bridgehead atoms. The van der Waals surface area contributed by atoms with Crippen LogP contribution in [0.4, 0.5) is 9.59 Å². The van der Waals surface area contributed by atoms with Crippen LogP contribution in [-0.2, 0) is 19.1 Å². The van der Waals surface area contributed by atoms with E-state index in [0.717, 1.165) is 74.4 Å². The lowest BCUT2D eigenvalue weighted by Crippen LogP contribution is -2.52. The van der Waals surface area contributed by atoms with E-state index in [2.05, 4.69) is 32.7 Å². The van der Waals surface area contributed by atoms with Gasteiger partial charge in [0, 0.05) is 36.5 Å². The Hall–Kier alpha value is -4.88. The molecule has 4 fully saturated rings. The summed E-state index contributed by atoms with van der Waals surface area (Å²) in [6.07, 6.45) is 14.3. The molecule has 2 saturated carbocycles. The molecular formula is C51H74N8O6. The van der Waals surface area contributed by atoms with Crippen molar-refractivity contribution in [3.8, 4) is 11.3 Å². The van der Waals surface area contributed by atoms with Gasteiger partial charge in [-0.2, -0.15) is 0 Å². The first kappa shape index (κ1) is 46.6. The second-order valence-corrected chi connectivity index (χ2v) is 22.3. The van der Waals surface area contributed by atoms with E-state index in [1.165, 1.54) is 36.0 Å². The highest BCUT2D eigenvalue weighted by atomic mass is 16.6. The molecule has 65 heavy (non-hydrogen) atoms. The monoisotopic (exact) mass is 895 g/mol. The zero-order valence-electron chi connectivity index (χ0n) is 40.5. The summed E-state index contributed by atoms with van der Waals surface area (Å²) in [6, 6.07) is 3.02. The highest BCUT2D eigenvalue weighted by Gasteiger charge is 2.44. The SMILES string of the molecule is CC(C)[C@H](NC(=O)OC(C)(C)C)C(=O)N1CCC[C@H]1c1ncc(-c2ccc(C3CCC(c4cnc([C@@H]5CCCN5C(=O)[C@@H](NC(=O)OC(C)(C)C)C(C)C)[nH]4)CC3)c3c2C2CCC3C2)[nH]1. The summed E-state index contributed by atoms with van der Waals surface area (Å²) >= 11 is 0. The van der Waals surface area contributed by atoms with Crippen LogP contribution >= 0.6 is 0 Å². The van der Waals surface area contributed by atoms with Crippen LogP contribution in [0.15, 0.2) is 24.5 Å². The molecule has 14 nitrogen and oxygen atoms in total. The van der Waals surface area contributed by atoms with Gasteiger partial charge in [0.05, 0.1) is 24.0 Å². The third-order valence-electron chi connectivity index (χ3n) is 14.6. The number of amides is 4. The van der Waals surface area contributed by atoms with Gasteiger partial charge in [-0.15, -0.1) is 0 Å². The van der Waals surface area contributed by atoms with E-state index in [9.17, 15) is 19.2 Å². The Morgan fingerprint density at radius 1 is 0.631 bits per heavy atom. The third kappa shape index (κ3) is 9.97. The van der Waals surface area contributed by atoms with Gasteiger partial charge in [-0.25, -0.2) is 19.6 Å². The number of likely N-dealkylation sites (tertiary alicyclic amines) is 2. The van der Waals surface area contributed by atoms with Gasteiger partial charge in [0.2, 0.25) is 11.8 Å². The lowest BCUT2D eigenvalue weighted by atomic mass is 9.73. The minimum Gasteiger partial charge on any atom is -0.444 e. The minimum atomic E-state index is -0.696. The maximum Gasteiger partial charge on any atom is 0.408 e. The van der Waals surface area contributed by atoms with E-state index in [4.69, 9.17) is 19.4 Å². The molecule has 2 saturated heterocycles. The molecule has 354 valence electrons. The number of ether oxygens (including phenoxy) is 2. The summed E-state index contributed by atoms with van der Waals surface area (Å²) in [5, 5.41) is 5.71. The van der Waals surface area contributed by atoms with Crippen LogP contribution in [-0.4, -0.2) is 90.1 Å². The second-order valence-electron chi connectivity index (χ2n) is 22.3. The topological polar surface area (TPSA) is 175 Å². The maximum absolute atomic E-state index is 14.0. The van der Waals surface area contributed by atoms with Crippen LogP contribution in [0.5, 0.6) is 0 Å². The largest absolute Gasteiger partial charge is 0.444 e. The summed E-state index contributed by atoms with van der Waals surface area (Å²) in [7, 11) is 0. The smallest absolute Gasteiger partial charge is 0.408 e. The van der Waals surface area contributed by atoms with Crippen molar-refractivity contribution < 1.29 is 28.7 Å². The number of hydrogen-bond acceptors (Lipinski definition) is 8. The van der Waals surface area contributed by atoms with Crippen molar-refractivity contribution >= 4 is 24.0 Å². The summed E-state index contributed by atoms with van der Waals surface area (Å²) in [5.41, 5.74) is 6.72. The van der Waals surface area contributed by atoms with E-state index in [0.29, 0.717) is 36.8 Å². The molecule has 2 aromatic heterocycles. The van der Waals surface area contributed by atoms with Gasteiger partial charge in [0.1, 0.15) is 34.9 Å². The van der Waals surface area contributed by atoms with Crippen molar-refractivity contribution in [2.45, 2.75) is 199 Å². The zero-order chi connectivity index (χ0) is 46.5. The lowest BCUT2D eigenvalue weighted by Gasteiger charge is -2.32. The van der Waals surface area contributed by atoms with Crippen LogP contribution < -0.4 is 10.6 Å². The summed E-state index contributed by atoms with van der Waals surface area (Å²) < 4.78 is 11.0. The first-order valence-electron chi connectivity index (χ1n) is 24.6. The number of hydrogen-bond donors (Lipinski definition) is 4. The Morgan fingerprint density at radius 2 is 1.11 bits per heavy atom. The van der Waals surface area contributed by atoms with Gasteiger partial charge in [-0.1, -0.05) is 39.8 Å². The number of aromatic nitrogens is 4. The number of aromatic amines is 2. The average Bonchev–Trinajstić information content (AvgIpc) is 4.10. The summed E-state index contributed by atoms with van der Waals surface area (Å²) in [4.78, 5) is 74.4. The van der Waals surface area contributed by atoms with Crippen molar-refractivity contribution in [2.24, 2.45) is 11.8 Å². The molecule has 2 aliphatic heterocycles. The predicted molar refractivity (Wildman–Crippen MR) is 249 cm³/mol. The number of nitrogens with zero attached hydrogens (tertiary/aromatic N) is 4. The van der Waals surface area contributed by atoms with E-state index in [1.54, 1.807) is 5.56 Å². The highest BCUT2D eigenvalue weighted by Crippen LogP contribution is 2.58. The molecule has 0 spiro atoms. The first-order chi connectivity index (χ1) is 30.8. The number of rotatable bonds is 11. The lowest BCUT2D eigenvalue weighted by molar-refractivity contribution is -0.136. The molecule has 5 aliphatic rings. The Labute approximate surface area is 385 Å².